The molecule has 2 atom stereocenters. The second kappa shape index (κ2) is 9.52. The van der Waals surface area contributed by atoms with Crippen molar-refractivity contribution in [3.8, 4) is 0 Å². The minimum Gasteiger partial charge on any atom is -0.356 e. The summed E-state index contributed by atoms with van der Waals surface area (Å²) in [6, 6.07) is 18.5. The molecule has 182 valence electrons. The molecule has 2 aliphatic heterocycles. The van der Waals surface area contributed by atoms with E-state index in [4.69, 9.17) is 0 Å². The maximum Gasteiger partial charge on any atom is 0.246 e. The number of para-hydroxylation sites is 1. The van der Waals surface area contributed by atoms with Crippen molar-refractivity contribution in [2.75, 3.05) is 6.54 Å². The van der Waals surface area contributed by atoms with Crippen LogP contribution in [0.4, 0.5) is 0 Å². The Morgan fingerprint density at radius 2 is 1.57 bits per heavy atom. The topological polar surface area (TPSA) is 56.4 Å². The van der Waals surface area contributed by atoms with Crippen LogP contribution in [0.3, 0.4) is 0 Å². The number of hydrogen-bond donors (Lipinski definition) is 1. The normalized spacial score (nSPS) is 23.7. The Morgan fingerprint density at radius 1 is 0.857 bits per heavy atom. The Balaban J connectivity index is 1.35. The van der Waals surface area contributed by atoms with Crippen LogP contribution in [0, 0.1) is 0 Å². The Hall–Kier alpha value is -3.08. The molecule has 1 saturated carbocycles. The van der Waals surface area contributed by atoms with E-state index in [1.807, 2.05) is 21.9 Å². The fraction of sp³-hybridized carbons (Fsp3) is 0.467. The van der Waals surface area contributed by atoms with E-state index in [1.165, 1.54) is 35.8 Å². The largest absolute Gasteiger partial charge is 0.356 e. The van der Waals surface area contributed by atoms with Crippen molar-refractivity contribution >= 4 is 22.7 Å². The van der Waals surface area contributed by atoms with Gasteiger partial charge in [0.1, 0.15) is 12.6 Å². The van der Waals surface area contributed by atoms with Crippen LogP contribution in [0.2, 0.25) is 0 Å². The van der Waals surface area contributed by atoms with Crippen molar-refractivity contribution < 1.29 is 9.59 Å². The van der Waals surface area contributed by atoms with Crippen molar-refractivity contribution in [1.29, 1.82) is 0 Å². The lowest BCUT2D eigenvalue weighted by atomic mass is 9.85. The first-order valence-corrected chi connectivity index (χ1v) is 13.5. The first-order chi connectivity index (χ1) is 17.2. The SMILES string of the molecule is O=C1C2Cc3c([nH]c4ccccc34)C(CCc3ccccc3)N2C(=O)CN1C1CCCCCCC1. The maximum absolute atomic E-state index is 14.0. The minimum absolute atomic E-state index is 0.104. The number of piperazine rings is 1. The number of amides is 2. The summed E-state index contributed by atoms with van der Waals surface area (Å²) in [5.74, 6) is 0.273. The smallest absolute Gasteiger partial charge is 0.246 e. The molecular formula is C30H35N3O2. The highest BCUT2D eigenvalue weighted by atomic mass is 16.2. The molecular weight excluding hydrogens is 434 g/mol. The number of hydrogen-bond acceptors (Lipinski definition) is 2. The molecule has 6 rings (SSSR count). The van der Waals surface area contributed by atoms with E-state index >= 15 is 0 Å². The van der Waals surface area contributed by atoms with Crippen molar-refractivity contribution in [2.24, 2.45) is 0 Å². The second-order valence-electron chi connectivity index (χ2n) is 10.6. The zero-order valence-corrected chi connectivity index (χ0v) is 20.4. The van der Waals surface area contributed by atoms with Gasteiger partial charge in [0.15, 0.2) is 0 Å². The summed E-state index contributed by atoms with van der Waals surface area (Å²) >= 11 is 0. The van der Waals surface area contributed by atoms with Gasteiger partial charge in [0, 0.05) is 29.1 Å². The van der Waals surface area contributed by atoms with Crippen LogP contribution in [0.5, 0.6) is 0 Å². The fourth-order valence-corrected chi connectivity index (χ4v) is 6.71. The van der Waals surface area contributed by atoms with Crippen molar-refractivity contribution in [3.05, 3.63) is 71.4 Å². The third kappa shape index (κ3) is 4.15. The van der Waals surface area contributed by atoms with Crippen LogP contribution < -0.4 is 0 Å². The van der Waals surface area contributed by atoms with Crippen LogP contribution in [0.25, 0.3) is 10.9 Å². The molecule has 3 heterocycles. The van der Waals surface area contributed by atoms with Gasteiger partial charge in [-0.15, -0.1) is 0 Å². The Labute approximate surface area is 207 Å². The monoisotopic (exact) mass is 469 g/mol. The van der Waals surface area contributed by atoms with Crippen LogP contribution in [-0.4, -0.2) is 45.2 Å². The molecule has 0 radical (unpaired) electrons. The number of rotatable bonds is 4. The van der Waals surface area contributed by atoms with Gasteiger partial charge in [-0.05, 0) is 42.9 Å². The zero-order chi connectivity index (χ0) is 23.8. The summed E-state index contributed by atoms with van der Waals surface area (Å²) < 4.78 is 0. The summed E-state index contributed by atoms with van der Waals surface area (Å²) in [7, 11) is 0. The van der Waals surface area contributed by atoms with E-state index in [2.05, 4.69) is 47.4 Å². The number of H-pyrrole nitrogens is 1. The lowest BCUT2D eigenvalue weighted by molar-refractivity contribution is -0.162. The van der Waals surface area contributed by atoms with Crippen molar-refractivity contribution in [2.45, 2.75) is 82.3 Å². The van der Waals surface area contributed by atoms with E-state index in [1.54, 1.807) is 0 Å². The number of aryl methyl sites for hydroxylation is 1. The number of benzene rings is 2. The maximum atomic E-state index is 14.0. The van der Waals surface area contributed by atoms with Crippen LogP contribution in [-0.2, 0) is 22.4 Å². The molecule has 5 nitrogen and oxygen atoms in total. The molecule has 0 bridgehead atoms. The first-order valence-electron chi connectivity index (χ1n) is 13.5. The zero-order valence-electron chi connectivity index (χ0n) is 20.4. The lowest BCUT2D eigenvalue weighted by Crippen LogP contribution is -2.64. The van der Waals surface area contributed by atoms with Gasteiger partial charge in [-0.2, -0.15) is 0 Å². The molecule has 2 aromatic carbocycles. The number of aromatic nitrogens is 1. The highest BCUT2D eigenvalue weighted by Crippen LogP contribution is 2.42. The molecule has 3 aromatic rings. The molecule has 2 fully saturated rings. The van der Waals surface area contributed by atoms with Gasteiger partial charge in [0.2, 0.25) is 11.8 Å². The summed E-state index contributed by atoms with van der Waals surface area (Å²) in [6.45, 7) is 0.234. The molecule has 2 unspecified atom stereocenters. The number of nitrogens with zero attached hydrogens (tertiary/aromatic N) is 2. The lowest BCUT2D eigenvalue weighted by Gasteiger charge is -2.49. The molecule has 1 aliphatic carbocycles. The molecule has 0 spiro atoms. The molecule has 35 heavy (non-hydrogen) atoms. The molecule has 1 aromatic heterocycles. The minimum atomic E-state index is -0.394. The average molecular weight is 470 g/mol. The summed E-state index contributed by atoms with van der Waals surface area (Å²) in [6.07, 6.45) is 10.4. The average Bonchev–Trinajstić information content (AvgIpc) is 3.23. The standard InChI is InChI=1S/C30H35N3O2/c34-28-20-32(22-13-7-2-1-3-8-14-22)30(35)27-19-24-23-15-9-10-16-25(23)31-29(24)26(33(27)28)18-17-21-11-5-4-6-12-21/h4-6,9-12,15-16,22,26-27,31H,1-3,7-8,13-14,17-20H2. The summed E-state index contributed by atoms with van der Waals surface area (Å²) in [5, 5.41) is 1.19. The highest BCUT2D eigenvalue weighted by molar-refractivity contribution is 5.97. The van der Waals surface area contributed by atoms with Gasteiger partial charge in [-0.25, -0.2) is 0 Å². The van der Waals surface area contributed by atoms with Gasteiger partial charge >= 0.3 is 0 Å². The molecule has 3 aliphatic rings. The van der Waals surface area contributed by atoms with Gasteiger partial charge in [0.25, 0.3) is 0 Å². The van der Waals surface area contributed by atoms with Crippen LogP contribution in [0.15, 0.2) is 54.6 Å². The second-order valence-corrected chi connectivity index (χ2v) is 10.6. The Bertz CT molecular complexity index is 1210. The number of fused-ring (bicyclic) bond motifs is 4. The predicted octanol–water partition coefficient (Wildman–Crippen LogP) is 5.55. The first kappa shape index (κ1) is 22.4. The molecule has 5 heteroatoms. The summed E-state index contributed by atoms with van der Waals surface area (Å²) in [4.78, 5) is 35.3. The Kier molecular flexibility index (Phi) is 6.09. The fourth-order valence-electron chi connectivity index (χ4n) is 6.71. The Morgan fingerprint density at radius 3 is 2.37 bits per heavy atom. The van der Waals surface area contributed by atoms with E-state index in [0.717, 1.165) is 49.7 Å². The molecule has 1 N–H and O–H groups in total. The summed E-state index contributed by atoms with van der Waals surface area (Å²) in [5.41, 5.74) is 4.71. The molecule has 1 saturated heterocycles. The van der Waals surface area contributed by atoms with Crippen LogP contribution in [0.1, 0.15) is 74.2 Å². The molecule has 2 amide bonds. The number of carbonyl (C=O) groups is 2. The van der Waals surface area contributed by atoms with Gasteiger partial charge in [-0.1, -0.05) is 80.6 Å². The number of aromatic amines is 1. The third-order valence-corrected chi connectivity index (χ3v) is 8.48. The van der Waals surface area contributed by atoms with Crippen molar-refractivity contribution in [3.63, 3.8) is 0 Å². The van der Waals surface area contributed by atoms with E-state index in [9.17, 15) is 9.59 Å². The third-order valence-electron chi connectivity index (χ3n) is 8.48. The van der Waals surface area contributed by atoms with Crippen LogP contribution >= 0.6 is 0 Å². The van der Waals surface area contributed by atoms with E-state index in [-0.39, 0.29) is 30.4 Å². The quantitative estimate of drug-likeness (QED) is 0.545. The van der Waals surface area contributed by atoms with E-state index < -0.39 is 6.04 Å². The number of nitrogens with one attached hydrogen (secondary N) is 1. The van der Waals surface area contributed by atoms with Gasteiger partial charge in [0.05, 0.1) is 6.04 Å². The predicted molar refractivity (Wildman–Crippen MR) is 138 cm³/mol. The van der Waals surface area contributed by atoms with Gasteiger partial charge < -0.3 is 14.8 Å². The van der Waals surface area contributed by atoms with Gasteiger partial charge in [-0.3, -0.25) is 9.59 Å². The van der Waals surface area contributed by atoms with E-state index in [0.29, 0.717) is 6.42 Å². The number of carbonyl (C=O) groups excluding carboxylic acids is 2. The highest BCUT2D eigenvalue weighted by Gasteiger charge is 2.48. The van der Waals surface area contributed by atoms with Crippen molar-refractivity contribution in [1.82, 2.24) is 14.8 Å².